The van der Waals surface area contributed by atoms with Gasteiger partial charge in [0.25, 0.3) is 0 Å². The molecule has 1 fully saturated rings. The Balaban J connectivity index is 1.41. The van der Waals surface area contributed by atoms with Gasteiger partial charge in [0.1, 0.15) is 12.4 Å². The van der Waals surface area contributed by atoms with Gasteiger partial charge in [-0.15, -0.1) is 0 Å². The minimum absolute atomic E-state index is 0.683. The van der Waals surface area contributed by atoms with E-state index in [4.69, 9.17) is 18.9 Å². The van der Waals surface area contributed by atoms with Crippen molar-refractivity contribution >= 4 is 10.8 Å². The van der Waals surface area contributed by atoms with Crippen LogP contribution in [0, 0.1) is 0 Å². The first-order valence-corrected chi connectivity index (χ1v) is 12.5. The molecule has 0 aromatic heterocycles. The molecule has 0 bridgehead atoms. The fraction of sp³-hybridized carbons (Fsp3) is 0.290. The van der Waals surface area contributed by atoms with E-state index >= 15 is 0 Å². The second kappa shape index (κ2) is 11.5. The molecular formula is C31H33NO4. The molecule has 4 aromatic rings. The zero-order chi connectivity index (χ0) is 24.7. The number of rotatable bonds is 9. The van der Waals surface area contributed by atoms with Crippen molar-refractivity contribution in [3.05, 3.63) is 90.0 Å². The number of ether oxygens (including phenoxy) is 4. The number of para-hydroxylation sites is 1. The molecule has 5 nitrogen and oxygen atoms in total. The number of fused-ring (bicyclic) bond motifs is 1. The number of morpholine rings is 1. The Labute approximate surface area is 213 Å². The van der Waals surface area contributed by atoms with E-state index in [1.54, 1.807) is 14.2 Å². The summed E-state index contributed by atoms with van der Waals surface area (Å²) >= 11 is 0. The summed E-state index contributed by atoms with van der Waals surface area (Å²) in [6.45, 7) is 5.19. The van der Waals surface area contributed by atoms with Gasteiger partial charge in [0.15, 0.2) is 11.5 Å². The fourth-order valence-electron chi connectivity index (χ4n) is 4.90. The van der Waals surface area contributed by atoms with Crippen molar-refractivity contribution in [2.24, 2.45) is 0 Å². The maximum atomic E-state index is 6.02. The lowest BCUT2D eigenvalue weighted by molar-refractivity contribution is 0.0322. The Morgan fingerprint density at radius 3 is 2.36 bits per heavy atom. The Morgan fingerprint density at radius 2 is 1.58 bits per heavy atom. The topological polar surface area (TPSA) is 40.2 Å². The maximum Gasteiger partial charge on any atom is 0.168 e. The van der Waals surface area contributed by atoms with Crippen molar-refractivity contribution in [3.63, 3.8) is 0 Å². The van der Waals surface area contributed by atoms with Crippen LogP contribution >= 0.6 is 0 Å². The monoisotopic (exact) mass is 483 g/mol. The van der Waals surface area contributed by atoms with E-state index in [0.717, 1.165) is 67.6 Å². The lowest BCUT2D eigenvalue weighted by Crippen LogP contribution is -2.38. The molecule has 1 aliphatic rings. The predicted octanol–water partition coefficient (Wildman–Crippen LogP) is 5.83. The molecule has 1 aliphatic heterocycles. The Hall–Kier alpha value is -3.54. The van der Waals surface area contributed by atoms with Crippen LogP contribution in [0.1, 0.15) is 11.1 Å². The normalized spacial score (nSPS) is 14.1. The van der Waals surface area contributed by atoms with Crippen LogP contribution in [0.3, 0.4) is 0 Å². The van der Waals surface area contributed by atoms with E-state index in [1.807, 2.05) is 12.1 Å². The van der Waals surface area contributed by atoms with Gasteiger partial charge < -0.3 is 18.9 Å². The van der Waals surface area contributed by atoms with Crippen molar-refractivity contribution in [1.82, 2.24) is 4.90 Å². The molecule has 0 amide bonds. The largest absolute Gasteiger partial charge is 0.493 e. The molecular weight excluding hydrogens is 450 g/mol. The average Bonchev–Trinajstić information content (AvgIpc) is 2.94. The molecule has 186 valence electrons. The van der Waals surface area contributed by atoms with Gasteiger partial charge in [-0.3, -0.25) is 4.90 Å². The van der Waals surface area contributed by atoms with E-state index in [0.29, 0.717) is 6.61 Å². The van der Waals surface area contributed by atoms with E-state index in [-0.39, 0.29) is 0 Å². The summed E-state index contributed by atoms with van der Waals surface area (Å²) in [5, 5.41) is 2.46. The second-order valence-electron chi connectivity index (χ2n) is 8.98. The van der Waals surface area contributed by atoms with Gasteiger partial charge in [-0.2, -0.15) is 0 Å². The summed E-state index contributed by atoms with van der Waals surface area (Å²) in [5.41, 5.74) is 4.67. The third-order valence-corrected chi connectivity index (χ3v) is 6.82. The first kappa shape index (κ1) is 24.2. The van der Waals surface area contributed by atoms with Crippen molar-refractivity contribution < 1.29 is 18.9 Å². The van der Waals surface area contributed by atoms with Gasteiger partial charge in [0.2, 0.25) is 0 Å². The molecule has 5 rings (SSSR count). The molecule has 1 heterocycles. The van der Waals surface area contributed by atoms with Gasteiger partial charge >= 0.3 is 0 Å². The Morgan fingerprint density at radius 1 is 0.778 bits per heavy atom. The highest BCUT2D eigenvalue weighted by Gasteiger charge is 2.17. The number of hydrogen-bond acceptors (Lipinski definition) is 5. The van der Waals surface area contributed by atoms with Gasteiger partial charge in [-0.05, 0) is 52.1 Å². The highest BCUT2D eigenvalue weighted by Crippen LogP contribution is 2.41. The minimum atomic E-state index is 0.683. The molecule has 0 atom stereocenters. The SMILES string of the molecule is COc1cccc(-c2ccc3ccccc3c2Cc2ccc(OCCN3CCOCC3)cc2)c1OC. The average molecular weight is 484 g/mol. The molecule has 0 unspecified atom stereocenters. The van der Waals surface area contributed by atoms with E-state index in [9.17, 15) is 0 Å². The molecule has 4 aromatic carbocycles. The first-order valence-electron chi connectivity index (χ1n) is 12.5. The zero-order valence-electron chi connectivity index (χ0n) is 21.0. The van der Waals surface area contributed by atoms with Crippen LogP contribution in [0.5, 0.6) is 17.2 Å². The van der Waals surface area contributed by atoms with E-state index < -0.39 is 0 Å². The molecule has 0 radical (unpaired) electrons. The van der Waals surface area contributed by atoms with Crippen LogP contribution in [-0.4, -0.2) is 58.6 Å². The Kier molecular flexibility index (Phi) is 7.70. The maximum absolute atomic E-state index is 6.02. The van der Waals surface area contributed by atoms with E-state index in [2.05, 4.69) is 71.6 Å². The molecule has 0 spiro atoms. The van der Waals surface area contributed by atoms with Gasteiger partial charge in [-0.25, -0.2) is 0 Å². The van der Waals surface area contributed by atoms with Gasteiger partial charge in [0.05, 0.1) is 27.4 Å². The highest BCUT2D eigenvalue weighted by molar-refractivity contribution is 5.93. The van der Waals surface area contributed by atoms with Crippen molar-refractivity contribution in [2.75, 3.05) is 53.7 Å². The van der Waals surface area contributed by atoms with E-state index in [1.165, 1.54) is 21.9 Å². The number of nitrogens with zero attached hydrogens (tertiary/aromatic N) is 1. The second-order valence-corrected chi connectivity index (χ2v) is 8.98. The van der Waals surface area contributed by atoms with Crippen LogP contribution in [0.4, 0.5) is 0 Å². The van der Waals surface area contributed by atoms with Crippen molar-refractivity contribution in [2.45, 2.75) is 6.42 Å². The molecule has 0 aliphatic carbocycles. The quantitative estimate of drug-likeness (QED) is 0.300. The molecule has 0 N–H and O–H groups in total. The van der Waals surface area contributed by atoms with Crippen LogP contribution in [0.15, 0.2) is 78.9 Å². The molecule has 1 saturated heterocycles. The minimum Gasteiger partial charge on any atom is -0.493 e. The zero-order valence-corrected chi connectivity index (χ0v) is 21.0. The van der Waals surface area contributed by atoms with Crippen LogP contribution in [0.25, 0.3) is 21.9 Å². The predicted molar refractivity (Wildman–Crippen MR) is 144 cm³/mol. The summed E-state index contributed by atoms with van der Waals surface area (Å²) in [7, 11) is 3.37. The summed E-state index contributed by atoms with van der Waals surface area (Å²) < 4.78 is 22.8. The third kappa shape index (κ3) is 5.32. The lowest BCUT2D eigenvalue weighted by Gasteiger charge is -2.26. The smallest absolute Gasteiger partial charge is 0.168 e. The summed E-state index contributed by atoms with van der Waals surface area (Å²) in [5.74, 6) is 2.38. The standard InChI is InChI=1S/C31H33NO4/c1-33-30-9-5-8-28(31(30)34-2)27-15-12-24-6-3-4-7-26(24)29(27)22-23-10-13-25(14-11-23)36-21-18-32-16-19-35-20-17-32/h3-15H,16-22H2,1-2H3. The van der Waals surface area contributed by atoms with Crippen molar-refractivity contribution in [1.29, 1.82) is 0 Å². The van der Waals surface area contributed by atoms with Gasteiger partial charge in [0, 0.05) is 25.2 Å². The van der Waals surface area contributed by atoms with Crippen LogP contribution in [0.2, 0.25) is 0 Å². The Bertz CT molecular complexity index is 1300. The summed E-state index contributed by atoms with van der Waals surface area (Å²) in [4.78, 5) is 2.38. The molecule has 0 saturated carbocycles. The number of methoxy groups -OCH3 is 2. The first-order chi connectivity index (χ1) is 17.8. The van der Waals surface area contributed by atoms with Gasteiger partial charge in [-0.1, -0.05) is 60.7 Å². The third-order valence-electron chi connectivity index (χ3n) is 6.82. The lowest BCUT2D eigenvalue weighted by atomic mass is 9.89. The molecule has 5 heteroatoms. The number of benzene rings is 4. The van der Waals surface area contributed by atoms with Crippen molar-refractivity contribution in [3.8, 4) is 28.4 Å². The highest BCUT2D eigenvalue weighted by atomic mass is 16.5. The summed E-state index contributed by atoms with van der Waals surface area (Å²) in [6.07, 6.45) is 0.797. The fourth-order valence-corrected chi connectivity index (χ4v) is 4.90. The number of hydrogen-bond donors (Lipinski definition) is 0. The summed E-state index contributed by atoms with van der Waals surface area (Å²) in [6, 6.07) is 27.4. The van der Waals surface area contributed by atoms with Crippen LogP contribution in [-0.2, 0) is 11.2 Å². The van der Waals surface area contributed by atoms with Crippen LogP contribution < -0.4 is 14.2 Å². The molecule has 36 heavy (non-hydrogen) atoms.